The third-order valence-electron chi connectivity index (χ3n) is 5.26. The molecular formula is C18H28N2O4. The first-order chi connectivity index (χ1) is 11.3. The summed E-state index contributed by atoms with van der Waals surface area (Å²) in [5.74, 6) is 0.577. The van der Waals surface area contributed by atoms with Crippen molar-refractivity contribution in [2.24, 2.45) is 5.41 Å². The van der Waals surface area contributed by atoms with Gasteiger partial charge in [0.05, 0.1) is 6.26 Å². The average Bonchev–Trinajstić information content (AvgIpc) is 2.91. The Morgan fingerprint density at radius 2 is 2.21 bits per heavy atom. The fraction of sp³-hybridized carbons (Fsp3) is 0.722. The number of carbonyl (C=O) groups excluding carboxylic acids is 1. The molecule has 0 saturated heterocycles. The van der Waals surface area contributed by atoms with E-state index in [2.05, 4.69) is 10.6 Å². The van der Waals surface area contributed by atoms with Crippen molar-refractivity contribution < 1.29 is 19.1 Å². The molecule has 3 atom stereocenters. The smallest absolute Gasteiger partial charge is 0.407 e. The van der Waals surface area contributed by atoms with E-state index in [-0.39, 0.29) is 17.6 Å². The molecule has 3 rings (SSSR count). The van der Waals surface area contributed by atoms with Gasteiger partial charge in [0.1, 0.15) is 17.5 Å². The number of alkyl carbamates (subject to hydrolysis) is 1. The van der Waals surface area contributed by atoms with E-state index in [0.29, 0.717) is 18.3 Å². The van der Waals surface area contributed by atoms with Gasteiger partial charge in [-0.15, -0.1) is 0 Å². The van der Waals surface area contributed by atoms with E-state index >= 15 is 0 Å². The zero-order valence-corrected chi connectivity index (χ0v) is 14.7. The van der Waals surface area contributed by atoms with Gasteiger partial charge in [0.25, 0.3) is 0 Å². The number of nitrogens with one attached hydrogen (secondary N) is 2. The van der Waals surface area contributed by atoms with Crippen LogP contribution in [0.3, 0.4) is 0 Å². The van der Waals surface area contributed by atoms with Gasteiger partial charge in [-0.1, -0.05) is 6.42 Å². The highest BCUT2D eigenvalue weighted by Crippen LogP contribution is 2.56. The topological polar surface area (TPSA) is 83.7 Å². The molecule has 24 heavy (non-hydrogen) atoms. The highest BCUT2D eigenvalue weighted by Gasteiger charge is 2.58. The van der Waals surface area contributed by atoms with Gasteiger partial charge in [0.15, 0.2) is 0 Å². The minimum absolute atomic E-state index is 0.111. The van der Waals surface area contributed by atoms with Crippen LogP contribution in [0.25, 0.3) is 0 Å². The van der Waals surface area contributed by atoms with Crippen LogP contribution in [0, 0.1) is 5.41 Å². The summed E-state index contributed by atoms with van der Waals surface area (Å²) in [5, 5.41) is 16.6. The quantitative estimate of drug-likeness (QED) is 0.770. The molecule has 1 aromatic rings. The van der Waals surface area contributed by atoms with Crippen LogP contribution < -0.4 is 10.6 Å². The first-order valence-electron chi connectivity index (χ1n) is 8.74. The van der Waals surface area contributed by atoms with Crippen LogP contribution in [0.5, 0.6) is 0 Å². The molecule has 0 aliphatic heterocycles. The van der Waals surface area contributed by atoms with Crippen molar-refractivity contribution in [1.82, 2.24) is 10.6 Å². The second-order valence-electron chi connectivity index (χ2n) is 8.01. The molecule has 0 aromatic carbocycles. The van der Waals surface area contributed by atoms with Gasteiger partial charge in [0, 0.05) is 24.0 Å². The van der Waals surface area contributed by atoms with E-state index in [1.165, 1.54) is 6.42 Å². The minimum Gasteiger partial charge on any atom is -0.467 e. The largest absolute Gasteiger partial charge is 0.467 e. The molecule has 6 nitrogen and oxygen atoms in total. The maximum absolute atomic E-state index is 12.0. The zero-order valence-electron chi connectivity index (χ0n) is 14.7. The molecule has 2 aliphatic carbocycles. The zero-order chi connectivity index (χ0) is 17.4. The van der Waals surface area contributed by atoms with Gasteiger partial charge < -0.3 is 24.9 Å². The molecule has 6 heteroatoms. The first kappa shape index (κ1) is 17.3. The Hall–Kier alpha value is -1.53. The lowest BCUT2D eigenvalue weighted by molar-refractivity contribution is -0.0648. The number of furan rings is 1. The first-order valence-corrected chi connectivity index (χ1v) is 8.74. The third kappa shape index (κ3) is 3.44. The van der Waals surface area contributed by atoms with Crippen LogP contribution in [0.1, 0.15) is 58.3 Å². The maximum atomic E-state index is 12.0. The molecule has 134 valence electrons. The predicted molar refractivity (Wildman–Crippen MR) is 89.5 cm³/mol. The van der Waals surface area contributed by atoms with E-state index in [1.54, 1.807) is 18.4 Å². The molecule has 1 amide bonds. The number of ether oxygens (including phenoxy) is 1. The average molecular weight is 336 g/mol. The standard InChI is InChI=1S/C18H28N2O4/c1-17(2,3)24-16(22)20-15-10-14(18(15)7-5-8-18)19-11-12(21)13-6-4-9-23-13/h4,6,9,12,14-15,19,21H,5,7-8,10-11H2,1-3H3,(H,20,22). The number of amides is 1. The Morgan fingerprint density at radius 3 is 2.75 bits per heavy atom. The number of rotatable bonds is 5. The molecule has 2 saturated carbocycles. The Bertz CT molecular complexity index is 560. The van der Waals surface area contributed by atoms with Crippen molar-refractivity contribution >= 4 is 6.09 Å². The van der Waals surface area contributed by atoms with Gasteiger partial charge in [0.2, 0.25) is 0 Å². The lowest BCUT2D eigenvalue weighted by Crippen LogP contribution is -2.71. The fourth-order valence-corrected chi connectivity index (χ4v) is 3.84. The van der Waals surface area contributed by atoms with Crippen molar-refractivity contribution in [3.63, 3.8) is 0 Å². The third-order valence-corrected chi connectivity index (χ3v) is 5.26. The summed E-state index contributed by atoms with van der Waals surface area (Å²) >= 11 is 0. The summed E-state index contributed by atoms with van der Waals surface area (Å²) in [6.07, 6.45) is 4.83. The molecule has 2 aliphatic rings. The van der Waals surface area contributed by atoms with Crippen molar-refractivity contribution in [2.45, 2.75) is 70.2 Å². The van der Waals surface area contributed by atoms with Crippen molar-refractivity contribution in [1.29, 1.82) is 0 Å². The van der Waals surface area contributed by atoms with Crippen molar-refractivity contribution in [3.05, 3.63) is 24.2 Å². The molecule has 0 radical (unpaired) electrons. The van der Waals surface area contributed by atoms with Gasteiger partial charge in [-0.2, -0.15) is 0 Å². The Labute approximate surface area is 142 Å². The van der Waals surface area contributed by atoms with E-state index in [4.69, 9.17) is 9.15 Å². The second kappa shape index (κ2) is 6.41. The number of aliphatic hydroxyl groups excluding tert-OH is 1. The van der Waals surface area contributed by atoms with Crippen LogP contribution >= 0.6 is 0 Å². The van der Waals surface area contributed by atoms with Gasteiger partial charge >= 0.3 is 6.09 Å². The molecule has 2 fully saturated rings. The van der Waals surface area contributed by atoms with Gasteiger partial charge in [-0.25, -0.2) is 4.79 Å². The summed E-state index contributed by atoms with van der Waals surface area (Å²) < 4.78 is 10.6. The molecule has 0 bridgehead atoms. The maximum Gasteiger partial charge on any atom is 0.407 e. The normalized spacial score (nSPS) is 26.3. The number of carbonyl (C=O) groups is 1. The van der Waals surface area contributed by atoms with Crippen LogP contribution in [0.4, 0.5) is 4.79 Å². The van der Waals surface area contributed by atoms with Gasteiger partial charge in [-0.05, 0) is 52.2 Å². The van der Waals surface area contributed by atoms with Crippen LogP contribution in [0.2, 0.25) is 0 Å². The molecule has 3 N–H and O–H groups in total. The fourth-order valence-electron chi connectivity index (χ4n) is 3.84. The Kier molecular flexibility index (Phi) is 4.62. The number of hydrogen-bond donors (Lipinski definition) is 3. The minimum atomic E-state index is -0.644. The lowest BCUT2D eigenvalue weighted by Gasteiger charge is -2.61. The lowest BCUT2D eigenvalue weighted by atomic mass is 9.50. The van der Waals surface area contributed by atoms with Crippen LogP contribution in [-0.2, 0) is 4.74 Å². The Balaban J connectivity index is 1.50. The highest BCUT2D eigenvalue weighted by molar-refractivity contribution is 5.68. The van der Waals surface area contributed by atoms with Gasteiger partial charge in [-0.3, -0.25) is 0 Å². The van der Waals surface area contributed by atoms with E-state index in [1.807, 2.05) is 20.8 Å². The second-order valence-corrected chi connectivity index (χ2v) is 8.01. The molecule has 1 heterocycles. The molecule has 1 spiro atoms. The predicted octanol–water partition coefficient (Wildman–Crippen LogP) is 2.74. The van der Waals surface area contributed by atoms with E-state index < -0.39 is 11.7 Å². The molecule has 1 aromatic heterocycles. The van der Waals surface area contributed by atoms with Crippen molar-refractivity contribution in [2.75, 3.05) is 6.54 Å². The van der Waals surface area contributed by atoms with Crippen LogP contribution in [0.15, 0.2) is 22.8 Å². The molecular weight excluding hydrogens is 308 g/mol. The number of hydrogen-bond acceptors (Lipinski definition) is 5. The van der Waals surface area contributed by atoms with Crippen molar-refractivity contribution in [3.8, 4) is 0 Å². The summed E-state index contributed by atoms with van der Waals surface area (Å²) in [5.41, 5.74) is -0.370. The summed E-state index contributed by atoms with van der Waals surface area (Å²) in [6.45, 7) is 6.06. The summed E-state index contributed by atoms with van der Waals surface area (Å²) in [7, 11) is 0. The van der Waals surface area contributed by atoms with Crippen LogP contribution in [-0.4, -0.2) is 35.4 Å². The SMILES string of the molecule is CC(C)(C)OC(=O)NC1CC(NCC(O)c2ccco2)C12CCC2. The summed E-state index contributed by atoms with van der Waals surface area (Å²) in [4.78, 5) is 12.0. The Morgan fingerprint density at radius 1 is 1.46 bits per heavy atom. The monoisotopic (exact) mass is 336 g/mol. The van der Waals surface area contributed by atoms with E-state index in [0.717, 1.165) is 19.3 Å². The summed E-state index contributed by atoms with van der Waals surface area (Å²) in [6, 6.07) is 4.02. The number of aliphatic hydroxyl groups is 1. The van der Waals surface area contributed by atoms with E-state index in [9.17, 15) is 9.90 Å². The highest BCUT2D eigenvalue weighted by atomic mass is 16.6. The molecule has 3 unspecified atom stereocenters.